The molecule has 0 radical (unpaired) electrons. The van der Waals surface area contributed by atoms with Crippen LogP contribution in [-0.4, -0.2) is 57.9 Å². The lowest BCUT2D eigenvalue weighted by molar-refractivity contribution is -0.128. The largest absolute Gasteiger partial charge is 0.368 e. The van der Waals surface area contributed by atoms with Crippen molar-refractivity contribution in [3.63, 3.8) is 0 Å². The maximum absolute atomic E-state index is 11.6. The normalized spacial score (nSPS) is 10.6. The zero-order chi connectivity index (χ0) is 15.2. The van der Waals surface area contributed by atoms with Crippen molar-refractivity contribution in [2.24, 2.45) is 0 Å². The molecule has 0 aromatic carbocycles. The molecular weight excluding hydrogens is 270 g/mol. The van der Waals surface area contributed by atoms with Gasteiger partial charge in [0, 0.05) is 33.6 Å². The average Bonchev–Trinajstić information content (AvgIpc) is 2.93. The standard InChI is InChI=1S/C13H21N7O/c1-4-6-15-13-18-11(10-12(19-13)17-8-16-10)14-7-5-9(21)20(2)3/h8H,4-7H2,1-3H3,(H3,14,15,16,17,18,19). The molecule has 0 unspecified atom stereocenters. The molecule has 0 atom stereocenters. The number of rotatable bonds is 7. The lowest BCUT2D eigenvalue weighted by atomic mass is 10.3. The van der Waals surface area contributed by atoms with Gasteiger partial charge >= 0.3 is 0 Å². The van der Waals surface area contributed by atoms with Crippen LogP contribution in [0.5, 0.6) is 0 Å². The van der Waals surface area contributed by atoms with E-state index in [1.54, 1.807) is 25.3 Å². The molecule has 0 aliphatic rings. The monoisotopic (exact) mass is 291 g/mol. The van der Waals surface area contributed by atoms with E-state index in [0.717, 1.165) is 18.5 Å². The first-order valence-electron chi connectivity index (χ1n) is 7.00. The molecule has 0 aliphatic carbocycles. The molecule has 8 nitrogen and oxygen atoms in total. The smallest absolute Gasteiger partial charge is 0.226 e. The number of hydrogen-bond donors (Lipinski definition) is 3. The van der Waals surface area contributed by atoms with Crippen molar-refractivity contribution in [1.29, 1.82) is 0 Å². The quantitative estimate of drug-likeness (QED) is 0.705. The highest BCUT2D eigenvalue weighted by atomic mass is 16.2. The number of amides is 1. The van der Waals surface area contributed by atoms with E-state index in [0.29, 0.717) is 30.4 Å². The number of carbonyl (C=O) groups excluding carboxylic acids is 1. The number of aromatic amines is 1. The number of fused-ring (bicyclic) bond motifs is 1. The molecular formula is C13H21N7O. The number of aromatic nitrogens is 4. The zero-order valence-corrected chi connectivity index (χ0v) is 12.6. The van der Waals surface area contributed by atoms with Crippen LogP contribution in [0.2, 0.25) is 0 Å². The molecule has 0 saturated heterocycles. The van der Waals surface area contributed by atoms with E-state index in [2.05, 4.69) is 37.5 Å². The van der Waals surface area contributed by atoms with E-state index in [1.165, 1.54) is 0 Å². The summed E-state index contributed by atoms with van der Waals surface area (Å²) in [5, 5.41) is 6.31. The third-order valence-corrected chi connectivity index (χ3v) is 2.95. The molecule has 2 aromatic heterocycles. The maximum atomic E-state index is 11.6. The van der Waals surface area contributed by atoms with Crippen LogP contribution in [0, 0.1) is 0 Å². The predicted molar refractivity (Wildman–Crippen MR) is 82.3 cm³/mol. The van der Waals surface area contributed by atoms with E-state index in [4.69, 9.17) is 0 Å². The summed E-state index contributed by atoms with van der Waals surface area (Å²) < 4.78 is 0. The van der Waals surface area contributed by atoms with Gasteiger partial charge in [-0.2, -0.15) is 9.97 Å². The van der Waals surface area contributed by atoms with Gasteiger partial charge in [0.15, 0.2) is 11.5 Å². The fourth-order valence-corrected chi connectivity index (χ4v) is 1.79. The molecule has 3 N–H and O–H groups in total. The molecule has 0 spiro atoms. The number of nitrogens with one attached hydrogen (secondary N) is 3. The number of anilines is 2. The Labute approximate surface area is 123 Å². The zero-order valence-electron chi connectivity index (χ0n) is 12.6. The van der Waals surface area contributed by atoms with Crippen molar-refractivity contribution in [2.45, 2.75) is 19.8 Å². The Balaban J connectivity index is 2.09. The topological polar surface area (TPSA) is 98.8 Å². The minimum atomic E-state index is 0.0711. The summed E-state index contributed by atoms with van der Waals surface area (Å²) in [4.78, 5) is 29.1. The highest BCUT2D eigenvalue weighted by molar-refractivity contribution is 5.84. The van der Waals surface area contributed by atoms with Gasteiger partial charge in [0.1, 0.15) is 5.52 Å². The van der Waals surface area contributed by atoms with Crippen LogP contribution in [-0.2, 0) is 4.79 Å². The molecule has 114 valence electrons. The van der Waals surface area contributed by atoms with Gasteiger partial charge < -0.3 is 20.5 Å². The van der Waals surface area contributed by atoms with E-state index < -0.39 is 0 Å². The molecule has 0 saturated carbocycles. The first kappa shape index (κ1) is 15.0. The Bertz CT molecular complexity index is 608. The molecule has 0 aliphatic heterocycles. The first-order valence-corrected chi connectivity index (χ1v) is 7.00. The van der Waals surface area contributed by atoms with Crippen molar-refractivity contribution in [2.75, 3.05) is 37.8 Å². The van der Waals surface area contributed by atoms with Crippen LogP contribution in [0.4, 0.5) is 11.8 Å². The van der Waals surface area contributed by atoms with Crippen molar-refractivity contribution in [3.8, 4) is 0 Å². The average molecular weight is 291 g/mol. The Kier molecular flexibility index (Phi) is 4.91. The predicted octanol–water partition coefficient (Wildman–Crippen LogP) is 1.06. The minimum Gasteiger partial charge on any atom is -0.368 e. The molecule has 2 aromatic rings. The van der Waals surface area contributed by atoms with Crippen molar-refractivity contribution >= 4 is 28.8 Å². The van der Waals surface area contributed by atoms with Gasteiger partial charge in [0.05, 0.1) is 6.33 Å². The number of carbonyl (C=O) groups is 1. The molecule has 0 fully saturated rings. The minimum absolute atomic E-state index is 0.0711. The van der Waals surface area contributed by atoms with Crippen LogP contribution < -0.4 is 10.6 Å². The second kappa shape index (κ2) is 6.87. The van der Waals surface area contributed by atoms with Gasteiger partial charge in [-0.25, -0.2) is 4.98 Å². The highest BCUT2D eigenvalue weighted by Gasteiger charge is 2.10. The van der Waals surface area contributed by atoms with Gasteiger partial charge in [0.2, 0.25) is 11.9 Å². The van der Waals surface area contributed by atoms with Crippen molar-refractivity contribution in [3.05, 3.63) is 6.33 Å². The maximum Gasteiger partial charge on any atom is 0.226 e. The molecule has 8 heteroatoms. The number of imidazole rings is 1. The summed E-state index contributed by atoms with van der Waals surface area (Å²) in [7, 11) is 3.49. The Morgan fingerprint density at radius 2 is 2.10 bits per heavy atom. The van der Waals surface area contributed by atoms with Crippen molar-refractivity contribution < 1.29 is 4.79 Å². The number of H-pyrrole nitrogens is 1. The molecule has 2 rings (SSSR count). The van der Waals surface area contributed by atoms with E-state index in [1.807, 2.05) is 0 Å². The van der Waals surface area contributed by atoms with Crippen LogP contribution in [0.25, 0.3) is 11.2 Å². The lowest BCUT2D eigenvalue weighted by Gasteiger charge is -2.11. The van der Waals surface area contributed by atoms with E-state index in [-0.39, 0.29) is 5.91 Å². The Morgan fingerprint density at radius 3 is 2.81 bits per heavy atom. The molecule has 2 heterocycles. The highest BCUT2D eigenvalue weighted by Crippen LogP contribution is 2.18. The Hall–Kier alpha value is -2.38. The summed E-state index contributed by atoms with van der Waals surface area (Å²) in [5.41, 5.74) is 1.35. The first-order chi connectivity index (χ1) is 10.1. The number of nitrogens with zero attached hydrogens (tertiary/aromatic N) is 4. The Morgan fingerprint density at radius 1 is 1.29 bits per heavy atom. The third kappa shape index (κ3) is 3.80. The molecule has 1 amide bonds. The van der Waals surface area contributed by atoms with Crippen LogP contribution in [0.3, 0.4) is 0 Å². The summed E-state index contributed by atoms with van der Waals surface area (Å²) in [6, 6.07) is 0. The van der Waals surface area contributed by atoms with E-state index >= 15 is 0 Å². The second-order valence-electron chi connectivity index (χ2n) is 4.89. The van der Waals surface area contributed by atoms with Crippen LogP contribution in [0.1, 0.15) is 19.8 Å². The SMILES string of the molecule is CCCNc1nc(NCCC(=O)N(C)C)c2[nH]cnc2n1. The van der Waals surface area contributed by atoms with Crippen LogP contribution >= 0.6 is 0 Å². The van der Waals surface area contributed by atoms with Gasteiger partial charge in [0.25, 0.3) is 0 Å². The summed E-state index contributed by atoms with van der Waals surface area (Å²) in [6.45, 7) is 3.38. The van der Waals surface area contributed by atoms with Gasteiger partial charge in [-0.1, -0.05) is 6.92 Å². The van der Waals surface area contributed by atoms with Gasteiger partial charge in [-0.05, 0) is 6.42 Å². The summed E-state index contributed by atoms with van der Waals surface area (Å²) in [5.74, 6) is 1.27. The number of hydrogen-bond acceptors (Lipinski definition) is 6. The molecule has 21 heavy (non-hydrogen) atoms. The second-order valence-corrected chi connectivity index (χ2v) is 4.89. The third-order valence-electron chi connectivity index (χ3n) is 2.95. The fraction of sp³-hybridized carbons (Fsp3) is 0.538. The fourth-order valence-electron chi connectivity index (χ4n) is 1.79. The lowest BCUT2D eigenvalue weighted by Crippen LogP contribution is -2.24. The van der Waals surface area contributed by atoms with E-state index in [9.17, 15) is 4.79 Å². The summed E-state index contributed by atoms with van der Waals surface area (Å²) >= 11 is 0. The summed E-state index contributed by atoms with van der Waals surface area (Å²) in [6.07, 6.45) is 2.98. The molecule has 0 bridgehead atoms. The van der Waals surface area contributed by atoms with Crippen LogP contribution in [0.15, 0.2) is 6.33 Å². The van der Waals surface area contributed by atoms with Gasteiger partial charge in [-0.3, -0.25) is 4.79 Å². The van der Waals surface area contributed by atoms with Crippen molar-refractivity contribution in [1.82, 2.24) is 24.8 Å². The van der Waals surface area contributed by atoms with Gasteiger partial charge in [-0.15, -0.1) is 0 Å².